The maximum atomic E-state index is 12.9. The number of H-pyrrole nitrogens is 1. The van der Waals surface area contributed by atoms with Gasteiger partial charge < -0.3 is 9.88 Å². The Balaban J connectivity index is 1.11. The van der Waals surface area contributed by atoms with Crippen molar-refractivity contribution in [3.63, 3.8) is 0 Å². The van der Waals surface area contributed by atoms with Crippen LogP contribution in [0, 0.1) is 6.92 Å². The van der Waals surface area contributed by atoms with E-state index in [4.69, 9.17) is 15.0 Å². The van der Waals surface area contributed by atoms with Crippen LogP contribution in [0.5, 0.6) is 0 Å². The molecule has 1 aliphatic heterocycles. The van der Waals surface area contributed by atoms with Crippen LogP contribution in [-0.4, -0.2) is 51.0 Å². The van der Waals surface area contributed by atoms with E-state index in [0.29, 0.717) is 6.54 Å². The third kappa shape index (κ3) is 3.39. The molecule has 1 N–H and O–H groups in total. The molecule has 5 heterocycles. The Bertz CT molecular complexity index is 1480. The summed E-state index contributed by atoms with van der Waals surface area (Å²) in [4.78, 5) is 40.3. The van der Waals surface area contributed by atoms with E-state index in [2.05, 4.69) is 14.8 Å². The molecule has 7 rings (SSSR count). The van der Waals surface area contributed by atoms with Crippen LogP contribution in [0.2, 0.25) is 0 Å². The fourth-order valence-electron chi connectivity index (χ4n) is 5.92. The number of nitrogens with one attached hydrogen (secondary N) is 1. The van der Waals surface area contributed by atoms with E-state index < -0.39 is 0 Å². The van der Waals surface area contributed by atoms with E-state index in [0.717, 1.165) is 78.0 Å². The van der Waals surface area contributed by atoms with Gasteiger partial charge in [-0.3, -0.25) is 9.69 Å². The zero-order chi connectivity index (χ0) is 22.8. The van der Waals surface area contributed by atoms with Crippen LogP contribution in [0.15, 0.2) is 4.79 Å². The Hall–Kier alpha value is -2.36. The van der Waals surface area contributed by atoms with Crippen molar-refractivity contribution in [3.05, 3.63) is 42.9 Å². The Kier molecular flexibility index (Phi) is 5.00. The SMILES string of the molecule is Cc1nc(N2CCN(Cc3nc4sc5c(c4c(=O)[nH]3)CCCC5)CC2)c2c3c(sc2n1)CCC3. The zero-order valence-electron chi connectivity index (χ0n) is 19.4. The van der Waals surface area contributed by atoms with Crippen molar-refractivity contribution < 1.29 is 0 Å². The summed E-state index contributed by atoms with van der Waals surface area (Å²) >= 11 is 3.59. The lowest BCUT2D eigenvalue weighted by atomic mass is 9.97. The molecule has 0 amide bonds. The third-order valence-electron chi connectivity index (χ3n) is 7.58. The normalized spacial score (nSPS) is 18.7. The van der Waals surface area contributed by atoms with Crippen LogP contribution in [-0.2, 0) is 32.2 Å². The van der Waals surface area contributed by atoms with E-state index in [9.17, 15) is 4.79 Å². The van der Waals surface area contributed by atoms with Gasteiger partial charge in [-0.25, -0.2) is 15.0 Å². The minimum Gasteiger partial charge on any atom is -0.353 e. The minimum atomic E-state index is 0.0446. The Labute approximate surface area is 205 Å². The maximum Gasteiger partial charge on any atom is 0.259 e. The molecule has 1 fully saturated rings. The maximum absolute atomic E-state index is 12.9. The number of hydrogen-bond donors (Lipinski definition) is 1. The van der Waals surface area contributed by atoms with Gasteiger partial charge in [0.25, 0.3) is 5.56 Å². The lowest BCUT2D eigenvalue weighted by molar-refractivity contribution is 0.244. The quantitative estimate of drug-likeness (QED) is 0.466. The molecule has 0 saturated carbocycles. The van der Waals surface area contributed by atoms with Gasteiger partial charge in [-0.05, 0) is 63.0 Å². The molecule has 0 spiro atoms. The molecule has 9 heteroatoms. The van der Waals surface area contributed by atoms with Crippen molar-refractivity contribution in [2.45, 2.75) is 58.4 Å². The standard InChI is InChI=1S/C25H28N6OS2/c1-14-26-22(20-15-6-4-8-18(15)33-24(20)27-14)31-11-9-30(10-12-31)13-19-28-23(32)21-16-5-2-3-7-17(16)34-25(21)29-19/h2-13H2,1H3,(H,28,29,32). The van der Waals surface area contributed by atoms with Crippen molar-refractivity contribution in [1.29, 1.82) is 0 Å². The van der Waals surface area contributed by atoms with Crippen LogP contribution in [0.4, 0.5) is 5.82 Å². The second-order valence-corrected chi connectivity index (χ2v) is 12.0. The summed E-state index contributed by atoms with van der Waals surface area (Å²) in [5, 5.41) is 2.15. The number of aromatic nitrogens is 4. The molecule has 0 aromatic carbocycles. The van der Waals surface area contributed by atoms with Crippen LogP contribution < -0.4 is 10.5 Å². The highest BCUT2D eigenvalue weighted by Crippen LogP contribution is 2.40. The number of thiophene rings is 2. The number of rotatable bonds is 3. The summed E-state index contributed by atoms with van der Waals surface area (Å²) < 4.78 is 0. The third-order valence-corrected chi connectivity index (χ3v) is 9.95. The van der Waals surface area contributed by atoms with E-state index >= 15 is 0 Å². The molecule has 1 saturated heterocycles. The molecule has 7 nitrogen and oxygen atoms in total. The molecule has 4 aromatic rings. The second kappa shape index (κ2) is 8.10. The molecular weight excluding hydrogens is 464 g/mol. The first-order valence-corrected chi connectivity index (χ1v) is 14.1. The number of anilines is 1. The number of nitrogens with zero attached hydrogens (tertiary/aromatic N) is 5. The first-order chi connectivity index (χ1) is 16.6. The second-order valence-electron chi connectivity index (χ2n) is 9.80. The predicted molar refractivity (Wildman–Crippen MR) is 139 cm³/mol. The number of fused-ring (bicyclic) bond motifs is 6. The average Bonchev–Trinajstić information content (AvgIpc) is 3.51. The van der Waals surface area contributed by atoms with Crippen molar-refractivity contribution in [1.82, 2.24) is 24.8 Å². The van der Waals surface area contributed by atoms with Gasteiger partial charge >= 0.3 is 0 Å². The van der Waals surface area contributed by atoms with Crippen LogP contribution >= 0.6 is 22.7 Å². The molecule has 2 aliphatic carbocycles. The largest absolute Gasteiger partial charge is 0.353 e. The first-order valence-electron chi connectivity index (χ1n) is 12.4. The van der Waals surface area contributed by atoms with Gasteiger partial charge in [0.1, 0.15) is 27.1 Å². The van der Waals surface area contributed by atoms with Gasteiger partial charge in [0.15, 0.2) is 0 Å². The average molecular weight is 493 g/mol. The van der Waals surface area contributed by atoms with Crippen LogP contribution in [0.1, 0.15) is 51.8 Å². The molecule has 0 unspecified atom stereocenters. The molecule has 4 aromatic heterocycles. The van der Waals surface area contributed by atoms with Crippen LogP contribution in [0.25, 0.3) is 20.4 Å². The van der Waals surface area contributed by atoms with Gasteiger partial charge in [-0.15, -0.1) is 22.7 Å². The van der Waals surface area contributed by atoms with Gasteiger partial charge in [0, 0.05) is 35.9 Å². The van der Waals surface area contributed by atoms with Crippen molar-refractivity contribution in [3.8, 4) is 0 Å². The fraction of sp³-hybridized carbons (Fsp3) is 0.520. The molecule has 176 valence electrons. The van der Waals surface area contributed by atoms with Crippen LogP contribution in [0.3, 0.4) is 0 Å². The Morgan fingerprint density at radius 1 is 0.824 bits per heavy atom. The Morgan fingerprint density at radius 3 is 2.32 bits per heavy atom. The fourth-order valence-corrected chi connectivity index (χ4v) is 8.50. The van der Waals surface area contributed by atoms with Gasteiger partial charge in [0.2, 0.25) is 0 Å². The summed E-state index contributed by atoms with van der Waals surface area (Å²) in [7, 11) is 0. The Morgan fingerprint density at radius 2 is 1.50 bits per heavy atom. The molecule has 0 radical (unpaired) electrons. The van der Waals surface area contributed by atoms with Gasteiger partial charge in [0.05, 0.1) is 17.3 Å². The molecule has 0 bridgehead atoms. The van der Waals surface area contributed by atoms with E-state index in [1.54, 1.807) is 11.3 Å². The molecule has 34 heavy (non-hydrogen) atoms. The highest BCUT2D eigenvalue weighted by atomic mass is 32.1. The van der Waals surface area contributed by atoms with Crippen molar-refractivity contribution in [2.75, 3.05) is 31.1 Å². The predicted octanol–water partition coefficient (Wildman–Crippen LogP) is 3.99. The summed E-state index contributed by atoms with van der Waals surface area (Å²) in [6, 6.07) is 0. The van der Waals surface area contributed by atoms with Gasteiger partial charge in [-0.1, -0.05) is 0 Å². The number of piperazine rings is 1. The molecule has 3 aliphatic rings. The number of aromatic amines is 1. The smallest absolute Gasteiger partial charge is 0.259 e. The summed E-state index contributed by atoms with van der Waals surface area (Å²) in [5.74, 6) is 2.78. The van der Waals surface area contributed by atoms with Crippen molar-refractivity contribution in [2.24, 2.45) is 0 Å². The number of aryl methyl sites for hydroxylation is 5. The first kappa shape index (κ1) is 21.0. The minimum absolute atomic E-state index is 0.0446. The van der Waals surface area contributed by atoms with Gasteiger partial charge in [-0.2, -0.15) is 0 Å². The lowest BCUT2D eigenvalue weighted by Gasteiger charge is -2.35. The zero-order valence-corrected chi connectivity index (χ0v) is 21.1. The highest BCUT2D eigenvalue weighted by Gasteiger charge is 2.27. The molecular formula is C25H28N6OS2. The monoisotopic (exact) mass is 492 g/mol. The molecule has 0 atom stereocenters. The summed E-state index contributed by atoms with van der Waals surface area (Å²) in [6.07, 6.45) is 8.10. The highest BCUT2D eigenvalue weighted by molar-refractivity contribution is 7.19. The van der Waals surface area contributed by atoms with E-state index in [1.165, 1.54) is 52.0 Å². The lowest BCUT2D eigenvalue weighted by Crippen LogP contribution is -2.46. The summed E-state index contributed by atoms with van der Waals surface area (Å²) in [5.41, 5.74) is 2.79. The van der Waals surface area contributed by atoms with E-state index in [1.807, 2.05) is 18.3 Å². The topological polar surface area (TPSA) is 78.0 Å². The summed E-state index contributed by atoms with van der Waals surface area (Å²) in [6.45, 7) is 6.41. The number of hydrogen-bond acceptors (Lipinski definition) is 8. The van der Waals surface area contributed by atoms with E-state index in [-0.39, 0.29) is 5.56 Å². The van der Waals surface area contributed by atoms with Crippen molar-refractivity contribution >= 4 is 48.9 Å².